The molecule has 0 amide bonds. The third-order valence-electron chi connectivity index (χ3n) is 1.65. The molecule has 0 aromatic carbocycles. The highest BCUT2D eigenvalue weighted by molar-refractivity contribution is 5.07. The molecule has 74 valence electrons. The van der Waals surface area contributed by atoms with Crippen molar-refractivity contribution >= 4 is 0 Å². The van der Waals surface area contributed by atoms with E-state index in [0.29, 0.717) is 13.2 Å². The summed E-state index contributed by atoms with van der Waals surface area (Å²) in [5.41, 5.74) is 1.24. The molecule has 1 aromatic heterocycles. The minimum atomic E-state index is 0.0951. The van der Waals surface area contributed by atoms with Gasteiger partial charge in [0.15, 0.2) is 0 Å². The zero-order chi connectivity index (χ0) is 9.36. The summed E-state index contributed by atoms with van der Waals surface area (Å²) in [5.74, 6) is 0. The first-order valence-corrected chi connectivity index (χ1v) is 4.44. The van der Waals surface area contributed by atoms with E-state index in [2.05, 4.69) is 10.3 Å². The summed E-state index contributed by atoms with van der Waals surface area (Å²) < 4.78 is 5.08. The number of rotatable bonds is 7. The van der Waals surface area contributed by atoms with E-state index in [1.54, 1.807) is 0 Å². The Morgan fingerprint density at radius 1 is 1.46 bits per heavy atom. The smallest absolute Gasteiger partial charge is 0.0698 e. The summed E-state index contributed by atoms with van der Waals surface area (Å²) in [6.45, 7) is 2.83. The van der Waals surface area contributed by atoms with Crippen LogP contribution in [0.5, 0.6) is 0 Å². The number of aromatic amines is 1. The number of H-pyrrole nitrogens is 1. The Hall–Kier alpha value is -0.840. The number of aliphatic hydroxyl groups is 1. The SMILES string of the molecule is OCCOCCNCc1cc[nH]c1. The van der Waals surface area contributed by atoms with Gasteiger partial charge in [0, 0.05) is 25.5 Å². The maximum atomic E-state index is 8.42. The van der Waals surface area contributed by atoms with E-state index in [4.69, 9.17) is 9.84 Å². The van der Waals surface area contributed by atoms with Gasteiger partial charge in [-0.25, -0.2) is 0 Å². The molecule has 13 heavy (non-hydrogen) atoms. The summed E-state index contributed by atoms with van der Waals surface area (Å²) in [5, 5.41) is 11.6. The van der Waals surface area contributed by atoms with Crippen LogP contribution < -0.4 is 5.32 Å². The average Bonchev–Trinajstić information content (AvgIpc) is 2.63. The normalized spacial score (nSPS) is 10.5. The van der Waals surface area contributed by atoms with Gasteiger partial charge in [-0.3, -0.25) is 0 Å². The standard InChI is InChI=1S/C9H16N2O2/c12-4-6-13-5-3-11-8-9-1-2-10-7-9/h1-2,7,10-12H,3-6,8H2. The Kier molecular flexibility index (Phi) is 5.24. The molecule has 4 heteroatoms. The van der Waals surface area contributed by atoms with Crippen molar-refractivity contribution in [2.75, 3.05) is 26.4 Å². The number of ether oxygens (including phenoxy) is 1. The monoisotopic (exact) mass is 184 g/mol. The van der Waals surface area contributed by atoms with Crippen molar-refractivity contribution < 1.29 is 9.84 Å². The van der Waals surface area contributed by atoms with Gasteiger partial charge in [0.25, 0.3) is 0 Å². The van der Waals surface area contributed by atoms with Crippen LogP contribution in [0, 0.1) is 0 Å². The van der Waals surface area contributed by atoms with Crippen molar-refractivity contribution in [3.8, 4) is 0 Å². The summed E-state index contributed by atoms with van der Waals surface area (Å²) in [6, 6.07) is 2.03. The lowest BCUT2D eigenvalue weighted by molar-refractivity contribution is 0.0938. The molecule has 0 aliphatic rings. The maximum absolute atomic E-state index is 8.42. The summed E-state index contributed by atoms with van der Waals surface area (Å²) in [7, 11) is 0. The molecule has 0 saturated carbocycles. The molecule has 0 spiro atoms. The quantitative estimate of drug-likeness (QED) is 0.527. The highest BCUT2D eigenvalue weighted by Crippen LogP contribution is 1.93. The Morgan fingerprint density at radius 3 is 3.08 bits per heavy atom. The van der Waals surface area contributed by atoms with Crippen molar-refractivity contribution in [3.63, 3.8) is 0 Å². The predicted molar refractivity (Wildman–Crippen MR) is 50.4 cm³/mol. The largest absolute Gasteiger partial charge is 0.394 e. The number of aromatic nitrogens is 1. The second-order valence-corrected chi connectivity index (χ2v) is 2.73. The van der Waals surface area contributed by atoms with Crippen LogP contribution in [0.3, 0.4) is 0 Å². The molecular formula is C9H16N2O2. The zero-order valence-corrected chi connectivity index (χ0v) is 7.62. The molecule has 0 saturated heterocycles. The number of hydrogen-bond acceptors (Lipinski definition) is 3. The van der Waals surface area contributed by atoms with Crippen LogP contribution in [0.1, 0.15) is 5.56 Å². The molecule has 1 aromatic rings. The molecule has 1 heterocycles. The Bertz CT molecular complexity index is 199. The molecule has 0 atom stereocenters. The Balaban J connectivity index is 1.90. The van der Waals surface area contributed by atoms with Crippen LogP contribution >= 0.6 is 0 Å². The van der Waals surface area contributed by atoms with E-state index in [1.165, 1.54) is 5.56 Å². The topological polar surface area (TPSA) is 57.3 Å². The van der Waals surface area contributed by atoms with Gasteiger partial charge in [-0.15, -0.1) is 0 Å². The predicted octanol–water partition coefficient (Wildman–Crippen LogP) is 0.113. The fourth-order valence-corrected chi connectivity index (χ4v) is 1.01. The van der Waals surface area contributed by atoms with Crippen molar-refractivity contribution in [2.24, 2.45) is 0 Å². The molecular weight excluding hydrogens is 168 g/mol. The Labute approximate surface area is 77.9 Å². The molecule has 0 aliphatic carbocycles. The zero-order valence-electron chi connectivity index (χ0n) is 7.62. The maximum Gasteiger partial charge on any atom is 0.0698 e. The molecule has 1 rings (SSSR count). The van der Waals surface area contributed by atoms with Gasteiger partial charge in [0.1, 0.15) is 0 Å². The first kappa shape index (κ1) is 10.2. The van der Waals surface area contributed by atoms with Crippen molar-refractivity contribution in [1.29, 1.82) is 0 Å². The van der Waals surface area contributed by atoms with Gasteiger partial charge in [-0.2, -0.15) is 0 Å². The van der Waals surface area contributed by atoms with Crippen LogP contribution in [-0.4, -0.2) is 36.5 Å². The lowest BCUT2D eigenvalue weighted by Crippen LogP contribution is -2.19. The Morgan fingerprint density at radius 2 is 2.38 bits per heavy atom. The second kappa shape index (κ2) is 6.65. The first-order valence-electron chi connectivity index (χ1n) is 4.44. The number of nitrogens with one attached hydrogen (secondary N) is 2. The molecule has 3 N–H and O–H groups in total. The molecule has 0 aliphatic heterocycles. The third kappa shape index (κ3) is 4.67. The summed E-state index contributed by atoms with van der Waals surface area (Å²) >= 11 is 0. The van der Waals surface area contributed by atoms with Crippen molar-refractivity contribution in [2.45, 2.75) is 6.54 Å². The molecule has 0 radical (unpaired) electrons. The van der Waals surface area contributed by atoms with Gasteiger partial charge >= 0.3 is 0 Å². The molecule has 0 fully saturated rings. The summed E-state index contributed by atoms with van der Waals surface area (Å²) in [6.07, 6.45) is 3.86. The molecule has 0 bridgehead atoms. The van der Waals surface area contributed by atoms with E-state index >= 15 is 0 Å². The van der Waals surface area contributed by atoms with Gasteiger partial charge in [0.05, 0.1) is 19.8 Å². The second-order valence-electron chi connectivity index (χ2n) is 2.73. The lowest BCUT2D eigenvalue weighted by Gasteiger charge is -2.03. The van der Waals surface area contributed by atoms with Crippen molar-refractivity contribution in [3.05, 3.63) is 24.0 Å². The highest BCUT2D eigenvalue weighted by atomic mass is 16.5. The van der Waals surface area contributed by atoms with Crippen molar-refractivity contribution in [1.82, 2.24) is 10.3 Å². The van der Waals surface area contributed by atoms with E-state index in [-0.39, 0.29) is 6.61 Å². The van der Waals surface area contributed by atoms with Crippen LogP contribution in [0.15, 0.2) is 18.5 Å². The van der Waals surface area contributed by atoms with Crippen LogP contribution in [0.4, 0.5) is 0 Å². The minimum Gasteiger partial charge on any atom is -0.394 e. The van der Waals surface area contributed by atoms with Crippen LogP contribution in [0.25, 0.3) is 0 Å². The van der Waals surface area contributed by atoms with Gasteiger partial charge < -0.3 is 20.1 Å². The fraction of sp³-hybridized carbons (Fsp3) is 0.556. The van der Waals surface area contributed by atoms with Gasteiger partial charge in [0.2, 0.25) is 0 Å². The minimum absolute atomic E-state index is 0.0951. The van der Waals surface area contributed by atoms with Crippen LogP contribution in [0.2, 0.25) is 0 Å². The molecule has 4 nitrogen and oxygen atoms in total. The molecule has 0 unspecified atom stereocenters. The van der Waals surface area contributed by atoms with E-state index in [9.17, 15) is 0 Å². The lowest BCUT2D eigenvalue weighted by atomic mass is 10.3. The average molecular weight is 184 g/mol. The highest BCUT2D eigenvalue weighted by Gasteiger charge is 1.91. The van der Waals surface area contributed by atoms with E-state index < -0.39 is 0 Å². The fourth-order valence-electron chi connectivity index (χ4n) is 1.01. The summed E-state index contributed by atoms with van der Waals surface area (Å²) in [4.78, 5) is 2.99. The van der Waals surface area contributed by atoms with E-state index in [0.717, 1.165) is 13.1 Å². The van der Waals surface area contributed by atoms with Crippen LogP contribution in [-0.2, 0) is 11.3 Å². The first-order chi connectivity index (χ1) is 6.43. The third-order valence-corrected chi connectivity index (χ3v) is 1.65. The van der Waals surface area contributed by atoms with Gasteiger partial charge in [-0.05, 0) is 11.6 Å². The number of hydrogen-bond donors (Lipinski definition) is 3. The van der Waals surface area contributed by atoms with E-state index in [1.807, 2.05) is 18.5 Å². The van der Waals surface area contributed by atoms with Gasteiger partial charge in [-0.1, -0.05) is 0 Å². The number of aliphatic hydroxyl groups excluding tert-OH is 1.